The number of morpholine rings is 1. The Morgan fingerprint density at radius 1 is 1.24 bits per heavy atom. The van der Waals surface area contributed by atoms with Gasteiger partial charge in [0.25, 0.3) is 0 Å². The Bertz CT molecular complexity index is 731. The zero-order chi connectivity index (χ0) is 20.2. The molecule has 0 aromatic heterocycles. The predicted molar refractivity (Wildman–Crippen MR) is 110 cm³/mol. The molecule has 0 amide bonds. The van der Waals surface area contributed by atoms with Crippen molar-refractivity contribution >= 4 is 11.6 Å². The van der Waals surface area contributed by atoms with E-state index in [1.807, 2.05) is 11.8 Å². The number of fused-ring (bicyclic) bond motifs is 1. The van der Waals surface area contributed by atoms with E-state index in [-0.39, 0.29) is 12.1 Å². The molecule has 0 aliphatic carbocycles. The highest BCUT2D eigenvalue weighted by molar-refractivity contribution is 5.80. The smallest absolute Gasteiger partial charge is 0.191 e. The fourth-order valence-corrected chi connectivity index (χ4v) is 4.54. The summed E-state index contributed by atoms with van der Waals surface area (Å²) in [7, 11) is 0. The standard InChI is InChI=1S/C21H31F2N5O/c1-2-24-21(25-11-18-13-27-8-3-4-17(27)14-29-18)26-16-7-9-28(12-16)20-6-5-15(22)10-19(20)23/h5-6,10,16-18H,2-4,7-9,11-14H2,1H3,(H2,24,25,26). The van der Waals surface area contributed by atoms with Crippen LogP contribution in [0.15, 0.2) is 23.2 Å². The first kappa shape index (κ1) is 20.3. The van der Waals surface area contributed by atoms with Crippen LogP contribution in [0.1, 0.15) is 26.2 Å². The molecule has 0 spiro atoms. The van der Waals surface area contributed by atoms with Crippen molar-refractivity contribution in [1.82, 2.24) is 15.5 Å². The summed E-state index contributed by atoms with van der Waals surface area (Å²) >= 11 is 0. The van der Waals surface area contributed by atoms with Crippen LogP contribution >= 0.6 is 0 Å². The summed E-state index contributed by atoms with van der Waals surface area (Å²) in [6.07, 6.45) is 3.51. The van der Waals surface area contributed by atoms with Crippen LogP contribution in [-0.2, 0) is 4.74 Å². The molecule has 3 aliphatic heterocycles. The van der Waals surface area contributed by atoms with Crippen molar-refractivity contribution in [3.05, 3.63) is 29.8 Å². The molecule has 29 heavy (non-hydrogen) atoms. The van der Waals surface area contributed by atoms with Crippen molar-refractivity contribution in [3.63, 3.8) is 0 Å². The van der Waals surface area contributed by atoms with E-state index in [0.29, 0.717) is 24.8 Å². The number of rotatable bonds is 5. The van der Waals surface area contributed by atoms with Gasteiger partial charge in [0.2, 0.25) is 0 Å². The molecule has 4 rings (SSSR count). The first-order valence-electron chi connectivity index (χ1n) is 10.7. The van der Waals surface area contributed by atoms with Crippen molar-refractivity contribution in [1.29, 1.82) is 0 Å². The van der Waals surface area contributed by atoms with Gasteiger partial charge in [0.1, 0.15) is 11.6 Å². The Kier molecular flexibility index (Phi) is 6.50. The lowest BCUT2D eigenvalue weighted by Crippen LogP contribution is -2.48. The maximum atomic E-state index is 14.1. The zero-order valence-corrected chi connectivity index (χ0v) is 17.0. The van der Waals surface area contributed by atoms with E-state index in [2.05, 4.69) is 15.5 Å². The molecule has 3 heterocycles. The van der Waals surface area contributed by atoms with Crippen LogP contribution in [0.3, 0.4) is 0 Å². The predicted octanol–water partition coefficient (Wildman–Crippen LogP) is 1.96. The number of nitrogens with one attached hydrogen (secondary N) is 2. The normalized spacial score (nSPS) is 27.9. The minimum absolute atomic E-state index is 0.133. The van der Waals surface area contributed by atoms with Gasteiger partial charge in [-0.1, -0.05) is 0 Å². The number of hydrogen-bond acceptors (Lipinski definition) is 4. The maximum absolute atomic E-state index is 14.1. The van der Waals surface area contributed by atoms with Crippen molar-refractivity contribution in [2.24, 2.45) is 4.99 Å². The number of aliphatic imine (C=N–C) groups is 1. The zero-order valence-electron chi connectivity index (χ0n) is 17.0. The number of guanidine groups is 1. The van der Waals surface area contributed by atoms with Crippen molar-refractivity contribution in [2.75, 3.05) is 50.8 Å². The number of hydrogen-bond donors (Lipinski definition) is 2. The highest BCUT2D eigenvalue weighted by Gasteiger charge is 2.32. The van der Waals surface area contributed by atoms with Crippen LogP contribution in [0.4, 0.5) is 14.5 Å². The number of benzene rings is 1. The summed E-state index contributed by atoms with van der Waals surface area (Å²) in [6.45, 7) is 7.75. The molecule has 3 unspecified atom stereocenters. The third-order valence-electron chi connectivity index (χ3n) is 6.04. The first-order valence-corrected chi connectivity index (χ1v) is 10.7. The molecule has 3 fully saturated rings. The molecule has 0 bridgehead atoms. The van der Waals surface area contributed by atoms with Crippen LogP contribution in [0.2, 0.25) is 0 Å². The molecular weight excluding hydrogens is 376 g/mol. The van der Waals surface area contributed by atoms with Gasteiger partial charge in [-0.05, 0) is 44.9 Å². The molecular formula is C21H31F2N5O. The number of ether oxygens (including phenoxy) is 1. The van der Waals surface area contributed by atoms with Crippen molar-refractivity contribution < 1.29 is 13.5 Å². The monoisotopic (exact) mass is 407 g/mol. The summed E-state index contributed by atoms with van der Waals surface area (Å²) in [5.41, 5.74) is 0.452. The fraction of sp³-hybridized carbons (Fsp3) is 0.667. The second-order valence-electron chi connectivity index (χ2n) is 8.14. The van der Waals surface area contributed by atoms with Crippen LogP contribution in [0, 0.1) is 11.6 Å². The summed E-state index contributed by atoms with van der Waals surface area (Å²) in [5.74, 6) is -0.293. The van der Waals surface area contributed by atoms with E-state index in [0.717, 1.165) is 44.7 Å². The number of nitrogens with zero attached hydrogens (tertiary/aromatic N) is 3. The van der Waals surface area contributed by atoms with Gasteiger partial charge in [-0.2, -0.15) is 0 Å². The molecule has 6 nitrogen and oxygen atoms in total. The number of halogens is 2. The lowest BCUT2D eigenvalue weighted by atomic mass is 10.2. The van der Waals surface area contributed by atoms with Crippen molar-refractivity contribution in [2.45, 2.75) is 44.4 Å². The third kappa shape index (κ3) is 4.98. The highest BCUT2D eigenvalue weighted by atomic mass is 19.1. The molecule has 0 radical (unpaired) electrons. The molecule has 0 saturated carbocycles. The first-order chi connectivity index (χ1) is 14.1. The molecule has 3 atom stereocenters. The van der Waals surface area contributed by atoms with Gasteiger partial charge in [-0.15, -0.1) is 0 Å². The second-order valence-corrected chi connectivity index (χ2v) is 8.14. The largest absolute Gasteiger partial charge is 0.373 e. The van der Waals surface area contributed by atoms with Crippen LogP contribution in [-0.4, -0.2) is 74.9 Å². The molecule has 1 aromatic rings. The fourth-order valence-electron chi connectivity index (χ4n) is 4.54. The van der Waals surface area contributed by atoms with Crippen LogP contribution < -0.4 is 15.5 Å². The van der Waals surface area contributed by atoms with Gasteiger partial charge in [0, 0.05) is 44.3 Å². The third-order valence-corrected chi connectivity index (χ3v) is 6.04. The lowest BCUT2D eigenvalue weighted by Gasteiger charge is -2.34. The Balaban J connectivity index is 1.31. The molecule has 3 aliphatic rings. The molecule has 1 aromatic carbocycles. The average Bonchev–Trinajstić information content (AvgIpc) is 3.35. The van der Waals surface area contributed by atoms with Gasteiger partial charge in [0.05, 0.1) is 24.9 Å². The van der Waals surface area contributed by atoms with E-state index in [1.165, 1.54) is 31.5 Å². The Hall–Kier alpha value is -1.93. The van der Waals surface area contributed by atoms with E-state index >= 15 is 0 Å². The van der Waals surface area contributed by atoms with Crippen LogP contribution in [0.5, 0.6) is 0 Å². The average molecular weight is 408 g/mol. The minimum Gasteiger partial charge on any atom is -0.373 e. The van der Waals surface area contributed by atoms with Crippen molar-refractivity contribution in [3.8, 4) is 0 Å². The SMILES string of the molecule is CCNC(=NCC1CN2CCCC2CO1)NC1CCN(c2ccc(F)cc2F)C1. The summed E-state index contributed by atoms with van der Waals surface area (Å²) in [5, 5.41) is 6.76. The second kappa shape index (κ2) is 9.26. The van der Waals surface area contributed by atoms with Gasteiger partial charge in [-0.3, -0.25) is 9.89 Å². The quantitative estimate of drug-likeness (QED) is 0.577. The summed E-state index contributed by atoms with van der Waals surface area (Å²) < 4.78 is 33.2. The van der Waals surface area contributed by atoms with Gasteiger partial charge in [-0.25, -0.2) is 8.78 Å². The topological polar surface area (TPSA) is 52.1 Å². The van der Waals surface area contributed by atoms with E-state index in [4.69, 9.17) is 9.73 Å². The minimum atomic E-state index is -0.549. The van der Waals surface area contributed by atoms with Gasteiger partial charge in [0.15, 0.2) is 5.96 Å². The maximum Gasteiger partial charge on any atom is 0.191 e. The Morgan fingerprint density at radius 3 is 2.97 bits per heavy atom. The van der Waals surface area contributed by atoms with E-state index in [9.17, 15) is 8.78 Å². The molecule has 160 valence electrons. The lowest BCUT2D eigenvalue weighted by molar-refractivity contribution is -0.0432. The molecule has 2 N–H and O–H groups in total. The Morgan fingerprint density at radius 2 is 2.14 bits per heavy atom. The Labute approximate surface area is 171 Å². The molecule has 3 saturated heterocycles. The number of anilines is 1. The van der Waals surface area contributed by atoms with Crippen LogP contribution in [0.25, 0.3) is 0 Å². The summed E-state index contributed by atoms with van der Waals surface area (Å²) in [4.78, 5) is 9.22. The van der Waals surface area contributed by atoms with Gasteiger partial charge < -0.3 is 20.3 Å². The van der Waals surface area contributed by atoms with E-state index < -0.39 is 11.6 Å². The van der Waals surface area contributed by atoms with Gasteiger partial charge >= 0.3 is 0 Å². The summed E-state index contributed by atoms with van der Waals surface area (Å²) in [6, 6.07) is 4.51. The highest BCUT2D eigenvalue weighted by Crippen LogP contribution is 2.25. The molecule has 8 heteroatoms. The van der Waals surface area contributed by atoms with E-state index in [1.54, 1.807) is 0 Å².